The lowest BCUT2D eigenvalue weighted by Gasteiger charge is -2.32. The number of aromatic nitrogens is 3. The van der Waals surface area contributed by atoms with E-state index in [2.05, 4.69) is 24.6 Å². The van der Waals surface area contributed by atoms with Crippen molar-refractivity contribution < 1.29 is 9.53 Å². The van der Waals surface area contributed by atoms with E-state index < -0.39 is 0 Å². The molecule has 2 aromatic rings. The molecule has 1 aliphatic heterocycles. The fraction of sp³-hybridized carbons (Fsp3) is 0.467. The quantitative estimate of drug-likeness (QED) is 0.606. The van der Waals surface area contributed by atoms with Crippen molar-refractivity contribution in [2.75, 3.05) is 30.9 Å². The molecule has 0 radical (unpaired) electrons. The molecule has 0 bridgehead atoms. The van der Waals surface area contributed by atoms with Gasteiger partial charge in [-0.15, -0.1) is 11.3 Å². The number of anilines is 1. The molecule has 1 unspecified atom stereocenters. The van der Waals surface area contributed by atoms with Crippen LogP contribution in [0.3, 0.4) is 0 Å². The predicted octanol–water partition coefficient (Wildman–Crippen LogP) is 2.58. The number of carbonyl (C=O) groups excluding carboxylic acids is 1. The summed E-state index contributed by atoms with van der Waals surface area (Å²) in [5.74, 6) is 1.30. The molecule has 0 N–H and O–H groups in total. The Morgan fingerprint density at radius 1 is 1.52 bits per heavy atom. The van der Waals surface area contributed by atoms with Crippen molar-refractivity contribution in [3.63, 3.8) is 0 Å². The highest BCUT2D eigenvalue weighted by atomic mass is 32.2. The Kier molecular flexibility index (Phi) is 5.45. The minimum absolute atomic E-state index is 0.246. The zero-order valence-corrected chi connectivity index (χ0v) is 14.5. The average molecular weight is 350 g/mol. The van der Waals surface area contributed by atoms with E-state index in [9.17, 15) is 4.79 Å². The van der Waals surface area contributed by atoms with Gasteiger partial charge in [0.15, 0.2) is 0 Å². The van der Waals surface area contributed by atoms with Crippen molar-refractivity contribution in [1.82, 2.24) is 15.0 Å². The number of thiazole rings is 1. The Balaban J connectivity index is 1.67. The van der Waals surface area contributed by atoms with Gasteiger partial charge in [-0.25, -0.2) is 9.97 Å². The van der Waals surface area contributed by atoms with Crippen LogP contribution in [0, 0.1) is 0 Å². The lowest BCUT2D eigenvalue weighted by molar-refractivity contribution is -0.137. The Labute approximate surface area is 143 Å². The van der Waals surface area contributed by atoms with Gasteiger partial charge in [-0.1, -0.05) is 11.8 Å². The molecule has 0 amide bonds. The summed E-state index contributed by atoms with van der Waals surface area (Å²) in [7, 11) is 1.39. The van der Waals surface area contributed by atoms with Gasteiger partial charge in [0.25, 0.3) is 0 Å². The number of ether oxygens (including phenoxy) is 1. The number of thioether (sulfide) groups is 1. The number of methoxy groups -OCH3 is 1. The van der Waals surface area contributed by atoms with Gasteiger partial charge < -0.3 is 9.64 Å². The van der Waals surface area contributed by atoms with E-state index >= 15 is 0 Å². The maximum Gasteiger partial charge on any atom is 0.316 e. The smallest absolute Gasteiger partial charge is 0.316 e. The van der Waals surface area contributed by atoms with E-state index in [1.54, 1.807) is 23.7 Å². The predicted molar refractivity (Wildman–Crippen MR) is 91.1 cm³/mol. The average Bonchev–Trinajstić information content (AvgIpc) is 3.15. The molecule has 2 aromatic heterocycles. The molecule has 0 aromatic carbocycles. The molecule has 122 valence electrons. The fourth-order valence-corrected chi connectivity index (χ4v) is 4.02. The third-order valence-corrected chi connectivity index (χ3v) is 5.52. The fourth-order valence-electron chi connectivity index (χ4n) is 2.57. The summed E-state index contributed by atoms with van der Waals surface area (Å²) in [5.41, 5.74) is 0. The first-order chi connectivity index (χ1) is 11.3. The van der Waals surface area contributed by atoms with Gasteiger partial charge >= 0.3 is 5.97 Å². The van der Waals surface area contributed by atoms with E-state index in [-0.39, 0.29) is 11.7 Å². The summed E-state index contributed by atoms with van der Waals surface area (Å²) in [6.07, 6.45) is 7.61. The Hall–Kier alpha value is -1.67. The highest BCUT2D eigenvalue weighted by Crippen LogP contribution is 2.30. The number of nitrogens with zero attached hydrogens (tertiary/aromatic N) is 4. The minimum Gasteiger partial charge on any atom is -0.468 e. The van der Waals surface area contributed by atoms with Crippen LogP contribution >= 0.6 is 23.1 Å². The maximum absolute atomic E-state index is 11.2. The number of hydrogen-bond acceptors (Lipinski definition) is 8. The number of carbonyl (C=O) groups is 1. The lowest BCUT2D eigenvalue weighted by atomic mass is 9.99. The Bertz CT molecular complexity index is 651. The van der Waals surface area contributed by atoms with Crippen LogP contribution in [0.25, 0.3) is 0 Å². The van der Waals surface area contributed by atoms with Gasteiger partial charge in [-0.3, -0.25) is 9.78 Å². The van der Waals surface area contributed by atoms with Crippen molar-refractivity contribution in [2.45, 2.75) is 23.8 Å². The number of rotatable bonds is 5. The second-order valence-corrected chi connectivity index (χ2v) is 7.16. The molecule has 1 saturated heterocycles. The summed E-state index contributed by atoms with van der Waals surface area (Å²) in [5, 5.41) is 3.96. The van der Waals surface area contributed by atoms with Gasteiger partial charge in [0.2, 0.25) is 0 Å². The molecular formula is C15H18N4O2S2. The van der Waals surface area contributed by atoms with Crippen LogP contribution in [0.1, 0.15) is 23.8 Å². The summed E-state index contributed by atoms with van der Waals surface area (Å²) in [4.78, 5) is 26.8. The molecule has 1 aliphatic rings. The van der Waals surface area contributed by atoms with Crippen molar-refractivity contribution >= 4 is 34.9 Å². The van der Waals surface area contributed by atoms with Crippen molar-refractivity contribution in [3.8, 4) is 0 Å². The SMILES string of the molecule is COC(=O)CSc1cncc(N2CCCC(c3nccs3)C2)n1. The number of esters is 1. The van der Waals surface area contributed by atoms with Crippen LogP contribution in [0.2, 0.25) is 0 Å². The first-order valence-corrected chi connectivity index (χ1v) is 9.29. The summed E-state index contributed by atoms with van der Waals surface area (Å²) in [6, 6.07) is 0. The number of piperidine rings is 1. The zero-order chi connectivity index (χ0) is 16.1. The van der Waals surface area contributed by atoms with Gasteiger partial charge in [0.1, 0.15) is 10.8 Å². The van der Waals surface area contributed by atoms with Crippen LogP contribution in [-0.2, 0) is 9.53 Å². The number of hydrogen-bond donors (Lipinski definition) is 0. The van der Waals surface area contributed by atoms with E-state index in [1.165, 1.54) is 23.9 Å². The second kappa shape index (κ2) is 7.74. The third-order valence-electron chi connectivity index (χ3n) is 3.71. The summed E-state index contributed by atoms with van der Waals surface area (Å²) >= 11 is 3.06. The third kappa shape index (κ3) is 4.20. The molecule has 0 aliphatic carbocycles. The van der Waals surface area contributed by atoms with Crippen molar-refractivity contribution in [1.29, 1.82) is 0 Å². The van der Waals surface area contributed by atoms with Crippen molar-refractivity contribution in [2.24, 2.45) is 0 Å². The normalized spacial score (nSPS) is 18.0. The molecule has 6 nitrogen and oxygen atoms in total. The molecular weight excluding hydrogens is 332 g/mol. The van der Waals surface area contributed by atoms with Gasteiger partial charge in [0.05, 0.1) is 30.3 Å². The standard InChI is InChI=1S/C15H18N4O2S2/c1-21-14(20)10-23-13-8-16-7-12(18-13)19-5-2-3-11(9-19)15-17-4-6-22-15/h4,6-8,11H,2-3,5,9-10H2,1H3. The topological polar surface area (TPSA) is 68.2 Å². The highest BCUT2D eigenvalue weighted by Gasteiger charge is 2.24. The Morgan fingerprint density at radius 2 is 2.43 bits per heavy atom. The van der Waals surface area contributed by atoms with Gasteiger partial charge in [-0.2, -0.15) is 0 Å². The summed E-state index contributed by atoms with van der Waals surface area (Å²) < 4.78 is 4.65. The molecule has 1 atom stereocenters. The van der Waals surface area contributed by atoms with Gasteiger partial charge in [0, 0.05) is 30.6 Å². The lowest BCUT2D eigenvalue weighted by Crippen LogP contribution is -2.35. The Morgan fingerprint density at radius 3 is 3.22 bits per heavy atom. The molecule has 3 rings (SSSR count). The van der Waals surface area contributed by atoms with Crippen molar-refractivity contribution in [3.05, 3.63) is 29.0 Å². The molecule has 3 heterocycles. The highest BCUT2D eigenvalue weighted by molar-refractivity contribution is 7.99. The molecule has 0 spiro atoms. The molecule has 23 heavy (non-hydrogen) atoms. The van der Waals surface area contributed by atoms with E-state index in [0.717, 1.165) is 36.8 Å². The molecule has 1 fully saturated rings. The van der Waals surface area contributed by atoms with Gasteiger partial charge in [-0.05, 0) is 12.8 Å². The summed E-state index contributed by atoms with van der Waals surface area (Å²) in [6.45, 7) is 1.88. The van der Waals surface area contributed by atoms with E-state index in [0.29, 0.717) is 5.92 Å². The van der Waals surface area contributed by atoms with Crippen LogP contribution in [0.4, 0.5) is 5.82 Å². The molecule has 0 saturated carbocycles. The monoisotopic (exact) mass is 350 g/mol. The first kappa shape index (κ1) is 16.2. The maximum atomic E-state index is 11.2. The first-order valence-electron chi connectivity index (χ1n) is 7.42. The van der Waals surface area contributed by atoms with Crippen LogP contribution < -0.4 is 4.90 Å². The molecule has 8 heteroatoms. The minimum atomic E-state index is -0.260. The largest absolute Gasteiger partial charge is 0.468 e. The van der Waals surface area contributed by atoms with Crippen LogP contribution in [-0.4, -0.2) is 46.9 Å². The van der Waals surface area contributed by atoms with E-state index in [1.807, 2.05) is 11.6 Å². The second-order valence-electron chi connectivity index (χ2n) is 5.24. The van der Waals surface area contributed by atoms with Crippen LogP contribution in [0.15, 0.2) is 29.0 Å². The van der Waals surface area contributed by atoms with E-state index in [4.69, 9.17) is 0 Å². The van der Waals surface area contributed by atoms with Crippen LogP contribution in [0.5, 0.6) is 0 Å². The zero-order valence-electron chi connectivity index (χ0n) is 12.8.